The topological polar surface area (TPSA) is 144 Å². The molecule has 10 nitrogen and oxygen atoms in total. The van der Waals surface area contributed by atoms with E-state index in [1.54, 1.807) is 6.07 Å². The Morgan fingerprint density at radius 2 is 2.00 bits per heavy atom. The number of carbonyl (C=O) groups excluding carboxylic acids is 2. The summed E-state index contributed by atoms with van der Waals surface area (Å²) in [5.74, 6) is -2.88. The first-order valence-electron chi connectivity index (χ1n) is 10.5. The van der Waals surface area contributed by atoms with E-state index < -0.39 is 39.1 Å². The minimum absolute atomic E-state index is 0.0263. The lowest BCUT2D eigenvalue weighted by molar-refractivity contribution is -0.266. The zero-order valence-corrected chi connectivity index (χ0v) is 19.0. The minimum Gasteiger partial charge on any atom is -0.869 e. The summed E-state index contributed by atoms with van der Waals surface area (Å²) in [5, 5.41) is 18.1. The Labute approximate surface area is 194 Å². The largest absolute Gasteiger partial charge is 0.869 e. The Bertz CT molecular complexity index is 1400. The fourth-order valence-electron chi connectivity index (χ4n) is 3.77. The average Bonchev–Trinajstić information content (AvgIpc) is 2.83. The van der Waals surface area contributed by atoms with E-state index >= 15 is 0 Å². The molecule has 0 bridgehead atoms. The van der Waals surface area contributed by atoms with Crippen LogP contribution in [-0.4, -0.2) is 49.5 Å². The van der Waals surface area contributed by atoms with Gasteiger partial charge in [-0.2, -0.15) is 0 Å². The van der Waals surface area contributed by atoms with Crippen molar-refractivity contribution in [2.75, 3.05) is 23.7 Å². The molecule has 3 heterocycles. The maximum Gasteiger partial charge on any atom is 0.269 e. The lowest BCUT2D eigenvalue weighted by Gasteiger charge is -2.29. The molecule has 178 valence electrons. The first kappa shape index (κ1) is 23.4. The average molecular weight is 487 g/mol. The monoisotopic (exact) mass is 486 g/mol. The van der Waals surface area contributed by atoms with E-state index in [1.807, 2.05) is 0 Å². The summed E-state index contributed by atoms with van der Waals surface area (Å²) in [6.45, 7) is -0.0236. The first-order chi connectivity index (χ1) is 16.2. The van der Waals surface area contributed by atoms with Gasteiger partial charge in [0.15, 0.2) is 5.82 Å². The molecule has 2 N–H and O–H groups in total. The second-order valence-corrected chi connectivity index (χ2v) is 9.68. The van der Waals surface area contributed by atoms with Crippen LogP contribution in [0.25, 0.3) is 10.9 Å². The molecule has 1 aliphatic heterocycles. The van der Waals surface area contributed by atoms with Gasteiger partial charge in [0.2, 0.25) is 10.0 Å². The number of nitrogens with one attached hydrogen (secondary N) is 2. The minimum atomic E-state index is -3.67. The van der Waals surface area contributed by atoms with Gasteiger partial charge in [0, 0.05) is 37.3 Å². The van der Waals surface area contributed by atoms with Gasteiger partial charge in [-0.05, 0) is 48.4 Å². The van der Waals surface area contributed by atoms with Crippen molar-refractivity contribution in [3.63, 3.8) is 0 Å². The number of sulfonamides is 1. The standard InChI is InChI=1S/C22H22FN5O5S/c1-24-21(30)16-11-14(23)7-6-13(16)12-26-22(31)18-19(29)17-15(5-4-8-25-17)20(27-18)28-9-2-3-10-34(28,32)33/h4-8,11,29H,2-3,9-10,12H2,1H3,(H,24,30)(H,26,31)/p-1. The highest BCUT2D eigenvalue weighted by atomic mass is 32.2. The smallest absolute Gasteiger partial charge is 0.269 e. The van der Waals surface area contributed by atoms with Gasteiger partial charge >= 0.3 is 0 Å². The van der Waals surface area contributed by atoms with E-state index in [2.05, 4.69) is 20.6 Å². The van der Waals surface area contributed by atoms with Gasteiger partial charge in [0.05, 0.1) is 11.3 Å². The molecule has 0 atom stereocenters. The van der Waals surface area contributed by atoms with E-state index in [1.165, 1.54) is 25.4 Å². The fraction of sp³-hybridized carbons (Fsp3) is 0.273. The highest BCUT2D eigenvalue weighted by Gasteiger charge is 2.30. The molecule has 4 rings (SSSR count). The molecule has 34 heavy (non-hydrogen) atoms. The van der Waals surface area contributed by atoms with Crippen LogP contribution in [0.3, 0.4) is 0 Å². The van der Waals surface area contributed by atoms with E-state index in [4.69, 9.17) is 0 Å². The van der Waals surface area contributed by atoms with E-state index in [-0.39, 0.29) is 41.1 Å². The summed E-state index contributed by atoms with van der Waals surface area (Å²) in [6, 6.07) is 6.62. The predicted molar refractivity (Wildman–Crippen MR) is 120 cm³/mol. The van der Waals surface area contributed by atoms with Crippen molar-refractivity contribution in [3.05, 3.63) is 59.2 Å². The maximum absolute atomic E-state index is 13.6. The molecule has 2 amide bonds. The summed E-state index contributed by atoms with van der Waals surface area (Å²) in [6.07, 6.45) is 2.48. The van der Waals surface area contributed by atoms with Gasteiger partial charge in [0.25, 0.3) is 11.8 Å². The number of nitrogens with zero attached hydrogens (tertiary/aromatic N) is 3. The van der Waals surface area contributed by atoms with Crippen LogP contribution < -0.4 is 20.0 Å². The van der Waals surface area contributed by atoms with Crippen LogP contribution in [-0.2, 0) is 16.6 Å². The van der Waals surface area contributed by atoms with Crippen molar-refractivity contribution in [1.82, 2.24) is 20.6 Å². The molecule has 2 aromatic heterocycles. The van der Waals surface area contributed by atoms with Crippen LogP contribution in [0.15, 0.2) is 36.5 Å². The number of benzene rings is 1. The van der Waals surface area contributed by atoms with Gasteiger partial charge in [-0.3, -0.25) is 18.9 Å². The molecule has 3 aromatic rings. The zero-order valence-electron chi connectivity index (χ0n) is 18.2. The number of rotatable bonds is 5. The molecule has 1 fully saturated rings. The molecular weight excluding hydrogens is 465 g/mol. The SMILES string of the molecule is CNC(=O)c1cc(F)ccc1CNC(=O)c1nc(N2CCCCS2(=O)=O)c2cccnc2c1[O-]. The van der Waals surface area contributed by atoms with E-state index in [0.29, 0.717) is 18.4 Å². The summed E-state index contributed by atoms with van der Waals surface area (Å²) < 4.78 is 40.1. The van der Waals surface area contributed by atoms with Gasteiger partial charge < -0.3 is 15.7 Å². The Balaban J connectivity index is 1.72. The first-order valence-corrected chi connectivity index (χ1v) is 12.1. The summed E-state index contributed by atoms with van der Waals surface area (Å²) in [7, 11) is -2.28. The second kappa shape index (κ2) is 9.21. The third-order valence-electron chi connectivity index (χ3n) is 5.48. The van der Waals surface area contributed by atoms with Crippen LogP contribution in [0.2, 0.25) is 0 Å². The van der Waals surface area contributed by atoms with Crippen LogP contribution in [0.5, 0.6) is 5.75 Å². The van der Waals surface area contributed by atoms with Crippen molar-refractivity contribution in [2.45, 2.75) is 19.4 Å². The number of carbonyl (C=O) groups is 2. The number of hydrogen-bond acceptors (Lipinski definition) is 7. The molecule has 0 unspecified atom stereocenters. The zero-order chi connectivity index (χ0) is 24.5. The lowest BCUT2D eigenvalue weighted by Crippen LogP contribution is -2.39. The molecule has 0 saturated carbocycles. The molecule has 0 spiro atoms. The van der Waals surface area contributed by atoms with Crippen molar-refractivity contribution in [1.29, 1.82) is 0 Å². The molecule has 1 aromatic carbocycles. The van der Waals surface area contributed by atoms with E-state index in [0.717, 1.165) is 16.4 Å². The number of pyridine rings is 2. The number of fused-ring (bicyclic) bond motifs is 1. The Morgan fingerprint density at radius 1 is 1.21 bits per heavy atom. The summed E-state index contributed by atoms with van der Waals surface area (Å²) in [5.41, 5.74) is -0.255. The quantitative estimate of drug-likeness (QED) is 0.549. The number of anilines is 1. The Kier molecular flexibility index (Phi) is 6.33. The molecule has 12 heteroatoms. The normalized spacial score (nSPS) is 15.2. The number of aromatic nitrogens is 2. The molecule has 1 aliphatic rings. The van der Waals surface area contributed by atoms with Crippen molar-refractivity contribution in [3.8, 4) is 5.75 Å². The highest BCUT2D eigenvalue weighted by Crippen LogP contribution is 2.33. The molecular formula is C22H21FN5O5S-. The van der Waals surface area contributed by atoms with Gasteiger partial charge in [-0.1, -0.05) is 6.07 Å². The second-order valence-electron chi connectivity index (χ2n) is 7.67. The Morgan fingerprint density at radius 3 is 2.74 bits per heavy atom. The highest BCUT2D eigenvalue weighted by molar-refractivity contribution is 7.92. The summed E-state index contributed by atoms with van der Waals surface area (Å²) in [4.78, 5) is 33.2. The number of halogens is 1. The van der Waals surface area contributed by atoms with Gasteiger partial charge in [-0.25, -0.2) is 17.8 Å². The fourth-order valence-corrected chi connectivity index (χ4v) is 5.37. The third kappa shape index (κ3) is 4.36. The van der Waals surface area contributed by atoms with Crippen LogP contribution in [0.1, 0.15) is 39.3 Å². The van der Waals surface area contributed by atoms with Crippen molar-refractivity contribution < 1.29 is 27.5 Å². The lowest BCUT2D eigenvalue weighted by atomic mass is 10.1. The third-order valence-corrected chi connectivity index (χ3v) is 7.31. The van der Waals surface area contributed by atoms with Crippen LogP contribution >= 0.6 is 0 Å². The molecule has 0 aliphatic carbocycles. The van der Waals surface area contributed by atoms with E-state index in [9.17, 15) is 27.5 Å². The van der Waals surface area contributed by atoms with Crippen LogP contribution in [0, 0.1) is 5.82 Å². The summed E-state index contributed by atoms with van der Waals surface area (Å²) >= 11 is 0. The maximum atomic E-state index is 13.6. The van der Waals surface area contributed by atoms with Crippen molar-refractivity contribution >= 4 is 38.6 Å². The molecule has 0 radical (unpaired) electrons. The Hall–Kier alpha value is -3.80. The predicted octanol–water partition coefficient (Wildman–Crippen LogP) is 1.06. The number of hydrogen-bond donors (Lipinski definition) is 2. The van der Waals surface area contributed by atoms with Crippen LogP contribution in [0.4, 0.5) is 10.2 Å². The van der Waals surface area contributed by atoms with Crippen molar-refractivity contribution in [2.24, 2.45) is 0 Å². The molecule has 1 saturated heterocycles. The van der Waals surface area contributed by atoms with Gasteiger partial charge in [0.1, 0.15) is 11.5 Å². The number of amides is 2. The van der Waals surface area contributed by atoms with Gasteiger partial charge in [-0.15, -0.1) is 0 Å².